The minimum absolute atomic E-state index is 0.0167. The average molecular weight is 859 g/mol. The van der Waals surface area contributed by atoms with Crippen molar-refractivity contribution in [2.24, 2.45) is 5.92 Å². The molecule has 0 spiro atoms. The van der Waals surface area contributed by atoms with Crippen LogP contribution < -0.4 is 10.4 Å². The van der Waals surface area contributed by atoms with E-state index in [2.05, 4.69) is 48.5 Å². The second-order valence-electron chi connectivity index (χ2n) is 17.4. The molecule has 5 aromatic rings. The van der Waals surface area contributed by atoms with Gasteiger partial charge in [-0.15, -0.1) is 0 Å². The highest BCUT2D eigenvalue weighted by Gasteiger charge is 2.51. The van der Waals surface area contributed by atoms with Gasteiger partial charge in [-0.25, -0.2) is 9.59 Å². The van der Waals surface area contributed by atoms with Crippen molar-refractivity contribution in [3.05, 3.63) is 157 Å². The number of fused-ring (bicyclic) bond motifs is 13. The first-order chi connectivity index (χ1) is 30.4. The number of benzene rings is 4. The van der Waals surface area contributed by atoms with Crippen molar-refractivity contribution >= 4 is 22.9 Å². The van der Waals surface area contributed by atoms with Crippen molar-refractivity contribution in [2.75, 3.05) is 26.9 Å². The third-order valence-corrected chi connectivity index (χ3v) is 12.5. The normalized spacial score (nSPS) is 20.3. The van der Waals surface area contributed by atoms with Gasteiger partial charge in [0.1, 0.15) is 16.9 Å². The van der Waals surface area contributed by atoms with Gasteiger partial charge in [0.2, 0.25) is 0 Å². The number of aliphatic hydroxyl groups is 3. The fourth-order valence-corrected chi connectivity index (χ4v) is 9.15. The van der Waals surface area contributed by atoms with E-state index in [1.54, 1.807) is 32.9 Å². The summed E-state index contributed by atoms with van der Waals surface area (Å²) in [5.74, 6) is -1.70. The zero-order chi connectivity index (χ0) is 44.7. The van der Waals surface area contributed by atoms with Crippen LogP contribution in [0.4, 0.5) is 0 Å². The molecule has 1 aromatic heterocycles. The molecule has 3 aliphatic rings. The second kappa shape index (κ2) is 20.3. The lowest BCUT2D eigenvalue weighted by atomic mass is 9.85. The molecule has 3 aliphatic heterocycles. The first kappa shape index (κ1) is 45.4. The highest BCUT2D eigenvalue weighted by Crippen LogP contribution is 2.48. The van der Waals surface area contributed by atoms with Crippen LogP contribution >= 0.6 is 0 Å². The summed E-state index contributed by atoms with van der Waals surface area (Å²) in [7, 11) is 1.49. The van der Waals surface area contributed by atoms with Crippen LogP contribution in [0.25, 0.3) is 11.0 Å². The lowest BCUT2D eigenvalue weighted by Gasteiger charge is -2.43. The largest absolute Gasteiger partial charge is 0.483 e. The number of hydrogen-bond donors (Lipinski definition) is 3. The summed E-state index contributed by atoms with van der Waals surface area (Å²) in [5, 5.41) is 31.3. The predicted octanol–water partition coefficient (Wildman–Crippen LogP) is 7.79. The molecule has 0 fully saturated rings. The summed E-state index contributed by atoms with van der Waals surface area (Å²) in [6, 6.07) is 30.4. The van der Waals surface area contributed by atoms with E-state index in [1.807, 2.05) is 30.3 Å². The number of aliphatic hydroxyl groups excluding tert-OH is 3. The standard InChI is InChI=1S/C52H58O11/c1-32(29-54)40-20-19-33-13-15-36(16-14-33)27-38(18-17-35-11-8-12-37(26-35)25-34-9-6-5-7-10-34)28-44(56)60-48-46-43(63-52(2,3)49(48)62-50(40)57)22-21-41-42(30-55)45(51(58)61-47(41)46)39(23-24-53)31-59-4/h5-16,21-22,26,38-39,48-49,53-55H,17-20,23-25,27-31H2,1-4H3/b40-32-/t38-,39+,48+,49-/m0/s1. The van der Waals surface area contributed by atoms with Gasteiger partial charge in [-0.05, 0) is 123 Å². The Bertz CT molecular complexity index is 2480. The Labute approximate surface area is 368 Å². The van der Waals surface area contributed by atoms with Gasteiger partial charge >= 0.3 is 17.6 Å². The molecule has 4 heterocycles. The zero-order valence-electron chi connectivity index (χ0n) is 36.6. The van der Waals surface area contributed by atoms with Gasteiger partial charge in [0.15, 0.2) is 12.2 Å². The lowest BCUT2D eigenvalue weighted by Crippen LogP contribution is -2.52. The van der Waals surface area contributed by atoms with Crippen LogP contribution in [0.5, 0.6) is 5.75 Å². The number of carbonyl (C=O) groups excluding carboxylic acids is 2. The van der Waals surface area contributed by atoms with Gasteiger partial charge in [-0.2, -0.15) is 0 Å². The van der Waals surface area contributed by atoms with E-state index in [4.69, 9.17) is 23.4 Å². The fourth-order valence-electron chi connectivity index (χ4n) is 9.15. The van der Waals surface area contributed by atoms with Gasteiger partial charge in [-0.3, -0.25) is 4.79 Å². The maximum absolute atomic E-state index is 14.6. The van der Waals surface area contributed by atoms with Crippen LogP contribution in [0, 0.1) is 5.92 Å². The van der Waals surface area contributed by atoms with Gasteiger partial charge in [0.25, 0.3) is 0 Å². The van der Waals surface area contributed by atoms with E-state index in [-0.39, 0.29) is 78.6 Å². The molecular weight excluding hydrogens is 801 g/mol. The maximum Gasteiger partial charge on any atom is 0.340 e. The van der Waals surface area contributed by atoms with E-state index in [9.17, 15) is 29.7 Å². The minimum Gasteiger partial charge on any atom is -0.483 e. The Morgan fingerprint density at radius 3 is 2.29 bits per heavy atom. The third-order valence-electron chi connectivity index (χ3n) is 12.5. The van der Waals surface area contributed by atoms with Gasteiger partial charge < -0.3 is 38.7 Å². The molecule has 0 saturated carbocycles. The second-order valence-corrected chi connectivity index (χ2v) is 17.4. The smallest absolute Gasteiger partial charge is 0.340 e. The van der Waals surface area contributed by atoms with Gasteiger partial charge in [0, 0.05) is 42.6 Å². The van der Waals surface area contributed by atoms with Crippen molar-refractivity contribution in [3.63, 3.8) is 0 Å². The zero-order valence-corrected chi connectivity index (χ0v) is 36.6. The topological polar surface area (TPSA) is 162 Å². The molecule has 2 bridgehead atoms. The molecule has 0 unspecified atom stereocenters. The van der Waals surface area contributed by atoms with Crippen molar-refractivity contribution in [3.8, 4) is 5.75 Å². The van der Waals surface area contributed by atoms with Crippen LogP contribution in [0.1, 0.15) is 103 Å². The Morgan fingerprint density at radius 1 is 0.841 bits per heavy atom. The van der Waals surface area contributed by atoms with E-state index in [0.29, 0.717) is 30.2 Å². The van der Waals surface area contributed by atoms with Gasteiger partial charge in [-0.1, -0.05) is 78.9 Å². The highest BCUT2D eigenvalue weighted by molar-refractivity contribution is 5.90. The predicted molar refractivity (Wildman–Crippen MR) is 239 cm³/mol. The Morgan fingerprint density at radius 2 is 1.57 bits per heavy atom. The molecule has 0 radical (unpaired) electrons. The van der Waals surface area contributed by atoms with Crippen molar-refractivity contribution in [1.29, 1.82) is 0 Å². The summed E-state index contributed by atoms with van der Waals surface area (Å²) in [6.45, 7) is 4.11. The van der Waals surface area contributed by atoms with E-state index < -0.39 is 47.9 Å². The van der Waals surface area contributed by atoms with Crippen LogP contribution in [-0.2, 0) is 56.1 Å². The molecule has 3 N–H and O–H groups in total. The third kappa shape index (κ3) is 10.5. The maximum atomic E-state index is 14.6. The number of rotatable bonds is 12. The molecule has 0 saturated heterocycles. The molecule has 11 heteroatoms. The highest BCUT2D eigenvalue weighted by atomic mass is 16.6. The fraction of sp³-hybridized carbons (Fsp3) is 0.404. The summed E-state index contributed by atoms with van der Waals surface area (Å²) >= 11 is 0. The van der Waals surface area contributed by atoms with E-state index in [1.165, 1.54) is 23.8 Å². The summed E-state index contributed by atoms with van der Waals surface area (Å²) in [6.07, 6.45) is 1.30. The van der Waals surface area contributed by atoms with Gasteiger partial charge in [0.05, 0.1) is 25.4 Å². The minimum atomic E-state index is -1.31. The number of methoxy groups -OCH3 is 1. The lowest BCUT2D eigenvalue weighted by molar-refractivity contribution is -0.188. The molecule has 4 aromatic carbocycles. The Balaban J connectivity index is 1.30. The first-order valence-corrected chi connectivity index (χ1v) is 21.8. The van der Waals surface area contributed by atoms with Crippen LogP contribution in [-0.4, -0.2) is 65.9 Å². The van der Waals surface area contributed by atoms with Crippen LogP contribution in [0.2, 0.25) is 0 Å². The Kier molecular flexibility index (Phi) is 14.6. The van der Waals surface area contributed by atoms with Crippen LogP contribution in [0.3, 0.4) is 0 Å². The number of carbonyl (C=O) groups is 2. The number of aryl methyl sites for hydroxylation is 2. The van der Waals surface area contributed by atoms with E-state index in [0.717, 1.165) is 24.0 Å². The molecule has 332 valence electrons. The SMILES string of the molecule is COC[C@@H](CCO)c1c(CO)c2ccc3c(c2oc1=O)[C@H]1OC(=O)C[C@@H](CCc2cccc(Cc4ccccc4)c2)Cc2ccc(cc2)CC/C(=C(\C)CO)C(=O)O[C@@H]1C(C)(C)O3. The van der Waals surface area contributed by atoms with Crippen molar-refractivity contribution in [2.45, 2.75) is 102 Å². The van der Waals surface area contributed by atoms with Crippen LogP contribution in [0.15, 0.2) is 111 Å². The number of ether oxygens (including phenoxy) is 4. The van der Waals surface area contributed by atoms with E-state index >= 15 is 0 Å². The molecule has 63 heavy (non-hydrogen) atoms. The molecule has 4 atom stereocenters. The molecule has 11 nitrogen and oxygen atoms in total. The molecule has 0 aliphatic carbocycles. The Hall–Kier alpha value is -5.59. The molecular formula is C52H58O11. The monoisotopic (exact) mass is 858 g/mol. The number of esters is 2. The first-order valence-electron chi connectivity index (χ1n) is 21.8. The summed E-state index contributed by atoms with van der Waals surface area (Å²) in [5.41, 5.74) is 5.04. The summed E-state index contributed by atoms with van der Waals surface area (Å²) in [4.78, 5) is 42.9. The summed E-state index contributed by atoms with van der Waals surface area (Å²) < 4.78 is 30.9. The molecule has 8 rings (SSSR count). The van der Waals surface area contributed by atoms with Crippen molar-refractivity contribution in [1.82, 2.24) is 0 Å². The number of hydrogen-bond acceptors (Lipinski definition) is 11. The quantitative estimate of drug-likeness (QED) is 0.0638. The molecule has 0 amide bonds. The average Bonchev–Trinajstić information content (AvgIpc) is 3.26. The van der Waals surface area contributed by atoms with Crippen molar-refractivity contribution < 1.29 is 48.3 Å².